The molecule has 0 radical (unpaired) electrons. The van der Waals surface area contributed by atoms with Crippen molar-refractivity contribution < 1.29 is 14.1 Å². The Bertz CT molecular complexity index is 733. The minimum Gasteiger partial charge on any atom is -0.360 e. The zero-order chi connectivity index (χ0) is 18.6. The molecule has 0 aliphatic heterocycles. The zero-order valence-corrected chi connectivity index (χ0v) is 15.3. The summed E-state index contributed by atoms with van der Waals surface area (Å²) in [6.07, 6.45) is 0. The molecule has 2 rings (SSSR count). The fourth-order valence-electron chi connectivity index (χ4n) is 2.53. The largest absolute Gasteiger partial charge is 0.360 e. The van der Waals surface area contributed by atoms with Crippen molar-refractivity contribution in [1.29, 1.82) is 0 Å². The van der Waals surface area contributed by atoms with E-state index in [0.29, 0.717) is 11.7 Å². The molecule has 1 atom stereocenters. The Kier molecular flexibility index (Phi) is 5.96. The lowest BCUT2D eigenvalue weighted by Gasteiger charge is -2.23. The number of rotatable bonds is 5. The lowest BCUT2D eigenvalue weighted by atomic mass is 9.93. The summed E-state index contributed by atoms with van der Waals surface area (Å²) in [5, 5.41) is 8.88. The van der Waals surface area contributed by atoms with Gasteiger partial charge in [0.1, 0.15) is 5.76 Å². The van der Waals surface area contributed by atoms with Gasteiger partial charge in [0.25, 0.3) is 0 Å². The Hall–Kier alpha value is -2.63. The average Bonchev–Trinajstić information content (AvgIpc) is 2.97. The van der Waals surface area contributed by atoms with Gasteiger partial charge in [0.15, 0.2) is 5.82 Å². The summed E-state index contributed by atoms with van der Waals surface area (Å²) >= 11 is 0. The van der Waals surface area contributed by atoms with Crippen LogP contribution in [0.2, 0.25) is 0 Å². The molecule has 6 nitrogen and oxygen atoms in total. The summed E-state index contributed by atoms with van der Waals surface area (Å²) in [5.74, 6) is -0.111. The first-order valence-corrected chi connectivity index (χ1v) is 8.43. The predicted octanol–water partition coefficient (Wildman–Crippen LogP) is 3.56. The Balaban J connectivity index is 2.07. The van der Waals surface area contributed by atoms with Crippen LogP contribution >= 0.6 is 0 Å². The number of aromatic nitrogens is 1. The number of anilines is 1. The number of carbonyl (C=O) groups is 2. The van der Waals surface area contributed by atoms with Gasteiger partial charge in [-0.15, -0.1) is 0 Å². The van der Waals surface area contributed by atoms with Crippen molar-refractivity contribution in [1.82, 2.24) is 10.5 Å². The first-order chi connectivity index (χ1) is 11.8. The van der Waals surface area contributed by atoms with Gasteiger partial charge >= 0.3 is 11.8 Å². The van der Waals surface area contributed by atoms with Gasteiger partial charge in [-0.2, -0.15) is 0 Å². The van der Waals surface area contributed by atoms with Crippen LogP contribution in [0, 0.1) is 12.8 Å². The second kappa shape index (κ2) is 7.96. The standard InChI is InChI=1S/C19H25N3O3/c1-11(2)14-6-8-15(9-7-14)17(12(3)4)21-19(24)18(23)20-16-10-13(5)25-22-16/h6-12,17H,1-5H3,(H,21,24)(H,20,22,23). The topological polar surface area (TPSA) is 84.2 Å². The van der Waals surface area contributed by atoms with E-state index in [-0.39, 0.29) is 17.8 Å². The van der Waals surface area contributed by atoms with Gasteiger partial charge in [-0.1, -0.05) is 57.1 Å². The summed E-state index contributed by atoms with van der Waals surface area (Å²) in [6.45, 7) is 9.97. The van der Waals surface area contributed by atoms with E-state index in [1.165, 1.54) is 5.56 Å². The summed E-state index contributed by atoms with van der Waals surface area (Å²) < 4.78 is 4.87. The van der Waals surface area contributed by atoms with Gasteiger partial charge in [0.05, 0.1) is 6.04 Å². The molecule has 134 valence electrons. The van der Waals surface area contributed by atoms with Gasteiger partial charge in [-0.05, 0) is 29.9 Å². The lowest BCUT2D eigenvalue weighted by molar-refractivity contribution is -0.136. The van der Waals surface area contributed by atoms with E-state index >= 15 is 0 Å². The van der Waals surface area contributed by atoms with Crippen LogP contribution in [-0.2, 0) is 9.59 Å². The molecular formula is C19H25N3O3. The molecule has 0 saturated carbocycles. The molecule has 1 aromatic carbocycles. The number of hydrogen-bond acceptors (Lipinski definition) is 4. The van der Waals surface area contributed by atoms with E-state index in [9.17, 15) is 9.59 Å². The number of carbonyl (C=O) groups excluding carboxylic acids is 2. The highest BCUT2D eigenvalue weighted by Crippen LogP contribution is 2.24. The summed E-state index contributed by atoms with van der Waals surface area (Å²) in [7, 11) is 0. The molecule has 0 aliphatic carbocycles. The van der Waals surface area contributed by atoms with Crippen LogP contribution in [0.25, 0.3) is 0 Å². The highest BCUT2D eigenvalue weighted by atomic mass is 16.5. The van der Waals surface area contributed by atoms with E-state index in [1.807, 2.05) is 26.0 Å². The molecule has 1 aromatic heterocycles. The second-order valence-electron chi connectivity index (χ2n) is 6.79. The van der Waals surface area contributed by atoms with Gasteiger partial charge in [0.2, 0.25) is 0 Å². The SMILES string of the molecule is Cc1cc(NC(=O)C(=O)NC(c2ccc(C(C)C)cc2)C(C)C)no1. The highest BCUT2D eigenvalue weighted by Gasteiger charge is 2.23. The third-order valence-corrected chi connectivity index (χ3v) is 3.99. The molecule has 0 fully saturated rings. The maximum atomic E-state index is 12.2. The zero-order valence-electron chi connectivity index (χ0n) is 15.3. The maximum Gasteiger partial charge on any atom is 0.314 e. The molecular weight excluding hydrogens is 318 g/mol. The fraction of sp³-hybridized carbons (Fsp3) is 0.421. The summed E-state index contributed by atoms with van der Waals surface area (Å²) in [5.41, 5.74) is 2.20. The predicted molar refractivity (Wildman–Crippen MR) is 96.1 cm³/mol. The van der Waals surface area contributed by atoms with E-state index < -0.39 is 11.8 Å². The smallest absolute Gasteiger partial charge is 0.314 e. The first-order valence-electron chi connectivity index (χ1n) is 8.43. The third-order valence-electron chi connectivity index (χ3n) is 3.99. The molecule has 0 saturated heterocycles. The molecule has 1 unspecified atom stereocenters. The lowest BCUT2D eigenvalue weighted by Crippen LogP contribution is -2.39. The van der Waals surface area contributed by atoms with Crippen molar-refractivity contribution in [2.24, 2.45) is 5.92 Å². The Morgan fingerprint density at radius 1 is 1.00 bits per heavy atom. The van der Waals surface area contributed by atoms with Crippen LogP contribution in [-0.4, -0.2) is 17.0 Å². The number of amides is 2. The first kappa shape index (κ1) is 18.7. The van der Waals surface area contributed by atoms with E-state index in [4.69, 9.17) is 4.52 Å². The van der Waals surface area contributed by atoms with Crippen LogP contribution in [0.1, 0.15) is 56.5 Å². The number of benzene rings is 1. The minimum absolute atomic E-state index is 0.135. The van der Waals surface area contributed by atoms with E-state index in [0.717, 1.165) is 5.56 Å². The van der Waals surface area contributed by atoms with Crippen molar-refractivity contribution in [3.63, 3.8) is 0 Å². The molecule has 2 amide bonds. The minimum atomic E-state index is -0.766. The number of hydrogen-bond donors (Lipinski definition) is 2. The van der Waals surface area contributed by atoms with Crippen LogP contribution in [0.4, 0.5) is 5.82 Å². The van der Waals surface area contributed by atoms with Crippen LogP contribution in [0.5, 0.6) is 0 Å². The normalized spacial score (nSPS) is 12.3. The van der Waals surface area contributed by atoms with Crippen molar-refractivity contribution in [3.8, 4) is 0 Å². The highest BCUT2D eigenvalue weighted by molar-refractivity contribution is 6.39. The fourth-order valence-corrected chi connectivity index (χ4v) is 2.53. The molecule has 6 heteroatoms. The average molecular weight is 343 g/mol. The Morgan fingerprint density at radius 2 is 1.60 bits per heavy atom. The monoisotopic (exact) mass is 343 g/mol. The summed E-state index contributed by atoms with van der Waals surface area (Å²) in [6, 6.07) is 9.41. The number of nitrogens with zero attached hydrogens (tertiary/aromatic N) is 1. The van der Waals surface area contributed by atoms with Gasteiger partial charge in [-0.25, -0.2) is 0 Å². The Morgan fingerprint density at radius 3 is 2.08 bits per heavy atom. The molecule has 0 spiro atoms. The molecule has 0 aliphatic rings. The van der Waals surface area contributed by atoms with Crippen molar-refractivity contribution >= 4 is 17.6 Å². The van der Waals surface area contributed by atoms with Crippen LogP contribution < -0.4 is 10.6 Å². The van der Waals surface area contributed by atoms with E-state index in [1.54, 1.807) is 13.0 Å². The van der Waals surface area contributed by atoms with Crippen molar-refractivity contribution in [2.75, 3.05) is 5.32 Å². The molecule has 1 heterocycles. The van der Waals surface area contributed by atoms with Gasteiger partial charge in [-0.3, -0.25) is 14.9 Å². The maximum absolute atomic E-state index is 12.2. The van der Waals surface area contributed by atoms with Crippen LogP contribution in [0.15, 0.2) is 34.9 Å². The summed E-state index contributed by atoms with van der Waals surface area (Å²) in [4.78, 5) is 24.3. The number of nitrogens with one attached hydrogen (secondary N) is 2. The van der Waals surface area contributed by atoms with E-state index in [2.05, 4.69) is 41.8 Å². The Labute approximate surface area is 148 Å². The number of aryl methyl sites for hydroxylation is 1. The quantitative estimate of drug-likeness (QED) is 0.813. The van der Waals surface area contributed by atoms with Crippen molar-refractivity contribution in [2.45, 2.75) is 46.6 Å². The van der Waals surface area contributed by atoms with Gasteiger partial charge in [0, 0.05) is 6.07 Å². The molecule has 0 bridgehead atoms. The molecule has 2 aromatic rings. The molecule has 25 heavy (non-hydrogen) atoms. The van der Waals surface area contributed by atoms with Gasteiger partial charge < -0.3 is 9.84 Å². The van der Waals surface area contributed by atoms with Crippen LogP contribution in [0.3, 0.4) is 0 Å². The van der Waals surface area contributed by atoms with Crippen molar-refractivity contribution in [3.05, 3.63) is 47.2 Å². The second-order valence-corrected chi connectivity index (χ2v) is 6.79. The third kappa shape index (κ3) is 4.92. The molecule has 2 N–H and O–H groups in total.